The lowest BCUT2D eigenvalue weighted by atomic mass is 10.2. The highest BCUT2D eigenvalue weighted by Gasteiger charge is 2.12. The Bertz CT molecular complexity index is 1140. The largest absolute Gasteiger partial charge is 0.348 e. The first-order valence-electron chi connectivity index (χ1n) is 7.70. The molecule has 0 aliphatic heterocycles. The van der Waals surface area contributed by atoms with Crippen LogP contribution < -0.4 is 10.9 Å². The van der Waals surface area contributed by atoms with Crippen LogP contribution >= 0.6 is 0 Å². The van der Waals surface area contributed by atoms with Crippen LogP contribution in [0.1, 0.15) is 10.4 Å². The monoisotopic (exact) mass is 369 g/mol. The first-order chi connectivity index (χ1) is 12.5. The summed E-state index contributed by atoms with van der Waals surface area (Å²) in [6.45, 7) is -0.0323. The molecule has 2 aromatic heterocycles. The number of aromatic nitrogens is 2. The number of fused-ring (bicyclic) bond motifs is 1. The Morgan fingerprint density at radius 2 is 1.92 bits per heavy atom. The third-order valence-corrected chi connectivity index (χ3v) is 5.07. The van der Waals surface area contributed by atoms with Crippen molar-refractivity contribution in [1.82, 2.24) is 15.3 Å². The summed E-state index contributed by atoms with van der Waals surface area (Å²) in [4.78, 5) is 30.9. The van der Waals surface area contributed by atoms with Crippen LogP contribution in [0.4, 0.5) is 0 Å². The van der Waals surface area contributed by atoms with E-state index in [1.54, 1.807) is 30.3 Å². The van der Waals surface area contributed by atoms with Gasteiger partial charge in [0.1, 0.15) is 11.2 Å². The lowest BCUT2D eigenvalue weighted by Crippen LogP contribution is -2.29. The quantitative estimate of drug-likeness (QED) is 0.711. The number of nitrogens with zero attached hydrogens (tertiary/aromatic N) is 1. The Labute approximate surface area is 149 Å². The molecule has 0 fully saturated rings. The second-order valence-electron chi connectivity index (χ2n) is 5.39. The second kappa shape index (κ2) is 7.32. The Morgan fingerprint density at radius 1 is 1.15 bits per heavy atom. The van der Waals surface area contributed by atoms with Crippen molar-refractivity contribution in [2.45, 2.75) is 4.90 Å². The maximum absolute atomic E-state index is 12.2. The Morgan fingerprint density at radius 3 is 2.69 bits per heavy atom. The summed E-state index contributed by atoms with van der Waals surface area (Å²) in [6.07, 6.45) is 2.85. The smallest absolute Gasteiger partial charge is 0.262 e. The predicted octanol–water partition coefficient (Wildman–Crippen LogP) is 1.64. The molecule has 0 radical (unpaired) electrons. The Balaban J connectivity index is 1.70. The highest BCUT2D eigenvalue weighted by Crippen LogP contribution is 2.11. The van der Waals surface area contributed by atoms with Crippen molar-refractivity contribution in [1.29, 1.82) is 0 Å². The molecule has 0 unspecified atom stereocenters. The Kier molecular flexibility index (Phi) is 4.94. The molecule has 7 nitrogen and oxygen atoms in total. The number of amides is 1. The van der Waals surface area contributed by atoms with Crippen molar-refractivity contribution in [2.75, 3.05) is 6.54 Å². The number of H-pyrrole nitrogens is 1. The van der Waals surface area contributed by atoms with Crippen LogP contribution in [0.25, 0.3) is 11.0 Å². The number of hydrogen-bond donors (Lipinski definition) is 2. The molecule has 3 rings (SSSR count). The van der Waals surface area contributed by atoms with Crippen molar-refractivity contribution in [3.63, 3.8) is 0 Å². The van der Waals surface area contributed by atoms with Crippen molar-refractivity contribution in [3.8, 4) is 0 Å². The van der Waals surface area contributed by atoms with Gasteiger partial charge in [-0.25, -0.2) is 13.4 Å². The highest BCUT2D eigenvalue weighted by molar-refractivity contribution is 7.94. The minimum atomic E-state index is -3.57. The predicted molar refractivity (Wildman–Crippen MR) is 97.5 cm³/mol. The average Bonchev–Trinajstić information content (AvgIpc) is 2.65. The second-order valence-corrected chi connectivity index (χ2v) is 7.23. The van der Waals surface area contributed by atoms with Gasteiger partial charge in [0, 0.05) is 23.5 Å². The van der Waals surface area contributed by atoms with Gasteiger partial charge in [-0.05, 0) is 30.3 Å². The van der Waals surface area contributed by atoms with E-state index in [1.807, 2.05) is 0 Å². The zero-order valence-corrected chi connectivity index (χ0v) is 14.4. The fourth-order valence-electron chi connectivity index (χ4n) is 2.31. The molecule has 0 saturated heterocycles. The van der Waals surface area contributed by atoms with E-state index < -0.39 is 21.3 Å². The normalized spacial score (nSPS) is 11.7. The number of hydrogen-bond acceptors (Lipinski definition) is 5. The third-order valence-electron chi connectivity index (χ3n) is 3.59. The maximum Gasteiger partial charge on any atom is 0.262 e. The summed E-state index contributed by atoms with van der Waals surface area (Å²) in [5.74, 6) is -0.598. The molecule has 1 aromatic carbocycles. The molecule has 0 aliphatic carbocycles. The van der Waals surface area contributed by atoms with Crippen molar-refractivity contribution >= 4 is 26.8 Å². The number of carbonyl (C=O) groups is 1. The summed E-state index contributed by atoms with van der Waals surface area (Å²) in [5.41, 5.74) is -0.234. The SMILES string of the molecule is O=C(NC/C=C/S(=O)(=O)c1ccccc1)c1cc2cccnc2[nH]c1=O. The fraction of sp³-hybridized carbons (Fsp3) is 0.0556. The minimum absolute atomic E-state index is 0.0323. The van der Waals surface area contributed by atoms with E-state index in [-0.39, 0.29) is 17.0 Å². The summed E-state index contributed by atoms with van der Waals surface area (Å²) >= 11 is 0. The van der Waals surface area contributed by atoms with E-state index >= 15 is 0 Å². The van der Waals surface area contributed by atoms with E-state index in [4.69, 9.17) is 0 Å². The van der Waals surface area contributed by atoms with Gasteiger partial charge in [-0.1, -0.05) is 24.3 Å². The third kappa shape index (κ3) is 3.86. The molecule has 0 atom stereocenters. The molecule has 1 amide bonds. The van der Waals surface area contributed by atoms with Gasteiger partial charge in [-0.2, -0.15) is 0 Å². The van der Waals surface area contributed by atoms with Gasteiger partial charge in [-0.3, -0.25) is 9.59 Å². The molecule has 26 heavy (non-hydrogen) atoms. The summed E-state index contributed by atoms with van der Waals surface area (Å²) < 4.78 is 24.2. The van der Waals surface area contributed by atoms with E-state index in [0.29, 0.717) is 11.0 Å². The van der Waals surface area contributed by atoms with E-state index in [2.05, 4.69) is 15.3 Å². The number of nitrogens with one attached hydrogen (secondary N) is 2. The first kappa shape index (κ1) is 17.6. The van der Waals surface area contributed by atoms with Gasteiger partial charge in [0.15, 0.2) is 9.84 Å². The van der Waals surface area contributed by atoms with Gasteiger partial charge in [0.2, 0.25) is 0 Å². The fourth-order valence-corrected chi connectivity index (χ4v) is 3.36. The lowest BCUT2D eigenvalue weighted by Gasteiger charge is -2.03. The molecule has 0 spiro atoms. The molecular formula is C18H15N3O4S. The average molecular weight is 369 g/mol. The van der Waals surface area contributed by atoms with Gasteiger partial charge >= 0.3 is 0 Å². The zero-order valence-electron chi connectivity index (χ0n) is 13.5. The van der Waals surface area contributed by atoms with Crippen molar-refractivity contribution in [3.05, 3.63) is 82.1 Å². The molecule has 0 saturated carbocycles. The van der Waals surface area contributed by atoms with Crippen LogP contribution in [0, 0.1) is 0 Å². The van der Waals surface area contributed by atoms with E-state index in [0.717, 1.165) is 5.41 Å². The first-order valence-corrected chi connectivity index (χ1v) is 9.25. The van der Waals surface area contributed by atoms with Crippen LogP contribution in [0.3, 0.4) is 0 Å². The number of sulfone groups is 1. The maximum atomic E-state index is 12.2. The van der Waals surface area contributed by atoms with Crippen molar-refractivity contribution < 1.29 is 13.2 Å². The molecule has 0 aliphatic rings. The molecular weight excluding hydrogens is 354 g/mol. The summed E-state index contributed by atoms with van der Waals surface area (Å²) in [6, 6.07) is 12.8. The number of aromatic amines is 1. The molecule has 0 bridgehead atoms. The number of rotatable bonds is 5. The van der Waals surface area contributed by atoms with Gasteiger partial charge in [0.25, 0.3) is 11.5 Å². The van der Waals surface area contributed by atoms with Crippen LogP contribution in [0.5, 0.6) is 0 Å². The van der Waals surface area contributed by atoms with Gasteiger partial charge in [-0.15, -0.1) is 0 Å². The molecule has 2 heterocycles. The standard InChI is InChI=1S/C18H15N3O4S/c22-17(15-12-13-6-4-9-19-16(13)21-18(15)23)20-10-5-11-26(24,25)14-7-2-1-3-8-14/h1-9,11-12H,10H2,(H,20,22)(H,19,21,23)/b11-5+. The van der Waals surface area contributed by atoms with Crippen molar-refractivity contribution in [2.24, 2.45) is 0 Å². The zero-order chi connectivity index (χ0) is 18.6. The van der Waals surface area contributed by atoms with Crippen LogP contribution in [-0.2, 0) is 9.84 Å². The summed E-state index contributed by atoms with van der Waals surface area (Å²) in [7, 11) is -3.57. The Hall–Kier alpha value is -3.26. The summed E-state index contributed by atoms with van der Waals surface area (Å²) in [5, 5.41) is 4.15. The molecule has 8 heteroatoms. The minimum Gasteiger partial charge on any atom is -0.348 e. The molecule has 3 aromatic rings. The number of pyridine rings is 2. The van der Waals surface area contributed by atoms with E-state index in [9.17, 15) is 18.0 Å². The lowest BCUT2D eigenvalue weighted by molar-refractivity contribution is 0.0956. The van der Waals surface area contributed by atoms with Gasteiger partial charge < -0.3 is 10.3 Å². The number of benzene rings is 1. The number of carbonyl (C=O) groups excluding carboxylic acids is 1. The van der Waals surface area contributed by atoms with Gasteiger partial charge in [0.05, 0.1) is 4.90 Å². The highest BCUT2D eigenvalue weighted by atomic mass is 32.2. The van der Waals surface area contributed by atoms with E-state index in [1.165, 1.54) is 30.5 Å². The van der Waals surface area contributed by atoms with Crippen LogP contribution in [0.2, 0.25) is 0 Å². The van der Waals surface area contributed by atoms with Crippen LogP contribution in [0.15, 0.2) is 75.9 Å². The topological polar surface area (TPSA) is 109 Å². The van der Waals surface area contributed by atoms with Crippen LogP contribution in [-0.4, -0.2) is 30.8 Å². The molecule has 2 N–H and O–H groups in total. The molecule has 132 valence electrons.